The number of hydrogen-bond donors (Lipinski definition) is 1. The molecule has 1 saturated carbocycles. The van der Waals surface area contributed by atoms with Crippen LogP contribution in [0.2, 0.25) is 0 Å². The fraction of sp³-hybridized carbons (Fsp3) is 0.636. The van der Waals surface area contributed by atoms with Crippen molar-refractivity contribution in [2.24, 2.45) is 0 Å². The van der Waals surface area contributed by atoms with Crippen LogP contribution >= 0.6 is 0 Å². The Morgan fingerprint density at radius 3 is 2.60 bits per heavy atom. The van der Waals surface area contributed by atoms with Crippen LogP contribution in [0.1, 0.15) is 37.4 Å². The van der Waals surface area contributed by atoms with Crippen molar-refractivity contribution in [3.8, 4) is 0 Å². The summed E-state index contributed by atoms with van der Waals surface area (Å²) < 4.78 is 0. The molecule has 0 aromatic carbocycles. The van der Waals surface area contributed by atoms with Crippen LogP contribution in [-0.2, 0) is 0 Å². The minimum absolute atomic E-state index is 0.579. The number of anilines is 2. The van der Waals surface area contributed by atoms with E-state index in [1.807, 2.05) is 6.07 Å². The summed E-state index contributed by atoms with van der Waals surface area (Å²) in [6.07, 6.45) is 4.98. The van der Waals surface area contributed by atoms with E-state index < -0.39 is 0 Å². The van der Waals surface area contributed by atoms with Crippen LogP contribution in [0.3, 0.4) is 0 Å². The first kappa shape index (κ1) is 8.95. The SMILES string of the molecule is Nc1cc(N2CCCC2)nc(C2CC2)n1. The monoisotopic (exact) mass is 204 g/mol. The molecule has 1 aromatic heterocycles. The van der Waals surface area contributed by atoms with Crippen LogP contribution in [0, 0.1) is 0 Å². The molecule has 4 heteroatoms. The Morgan fingerprint density at radius 1 is 1.20 bits per heavy atom. The molecule has 1 saturated heterocycles. The van der Waals surface area contributed by atoms with Crippen LogP contribution in [-0.4, -0.2) is 23.1 Å². The van der Waals surface area contributed by atoms with Crippen molar-refractivity contribution in [2.75, 3.05) is 23.7 Å². The number of nitrogen functional groups attached to an aromatic ring is 1. The highest BCUT2D eigenvalue weighted by molar-refractivity contribution is 5.48. The minimum atomic E-state index is 0.579. The molecular weight excluding hydrogens is 188 g/mol. The van der Waals surface area contributed by atoms with E-state index in [4.69, 9.17) is 5.73 Å². The highest BCUT2D eigenvalue weighted by atomic mass is 15.2. The number of nitrogens with zero attached hydrogens (tertiary/aromatic N) is 3. The molecule has 0 amide bonds. The van der Waals surface area contributed by atoms with Gasteiger partial charge in [0.2, 0.25) is 0 Å². The summed E-state index contributed by atoms with van der Waals surface area (Å²) in [6, 6.07) is 1.90. The Bertz CT molecular complexity index is 367. The van der Waals surface area contributed by atoms with Gasteiger partial charge in [-0.15, -0.1) is 0 Å². The topological polar surface area (TPSA) is 55.0 Å². The first-order valence-electron chi connectivity index (χ1n) is 5.72. The van der Waals surface area contributed by atoms with Gasteiger partial charge in [0.25, 0.3) is 0 Å². The zero-order valence-electron chi connectivity index (χ0n) is 8.82. The van der Waals surface area contributed by atoms with Gasteiger partial charge in [-0.05, 0) is 25.7 Å². The van der Waals surface area contributed by atoms with Crippen LogP contribution in [0.5, 0.6) is 0 Å². The zero-order chi connectivity index (χ0) is 10.3. The average Bonchev–Trinajstić information content (AvgIpc) is 2.93. The Labute approximate surface area is 89.5 Å². The summed E-state index contributed by atoms with van der Waals surface area (Å²) in [5.74, 6) is 3.18. The van der Waals surface area contributed by atoms with E-state index in [0.717, 1.165) is 24.7 Å². The average molecular weight is 204 g/mol. The molecule has 0 radical (unpaired) electrons. The molecule has 2 N–H and O–H groups in total. The van der Waals surface area contributed by atoms with Crippen LogP contribution in [0.25, 0.3) is 0 Å². The number of aromatic nitrogens is 2. The fourth-order valence-corrected chi connectivity index (χ4v) is 2.10. The van der Waals surface area contributed by atoms with Gasteiger partial charge in [0.05, 0.1) is 0 Å². The molecule has 1 aliphatic heterocycles. The third-order valence-corrected chi connectivity index (χ3v) is 3.12. The molecule has 0 unspecified atom stereocenters. The second-order valence-electron chi connectivity index (χ2n) is 4.48. The lowest BCUT2D eigenvalue weighted by Crippen LogP contribution is -2.20. The van der Waals surface area contributed by atoms with Gasteiger partial charge in [-0.3, -0.25) is 0 Å². The van der Waals surface area contributed by atoms with E-state index in [-0.39, 0.29) is 0 Å². The van der Waals surface area contributed by atoms with E-state index in [1.54, 1.807) is 0 Å². The van der Waals surface area contributed by atoms with Crippen LogP contribution in [0.15, 0.2) is 6.07 Å². The van der Waals surface area contributed by atoms with E-state index in [1.165, 1.54) is 25.7 Å². The van der Waals surface area contributed by atoms with Crippen molar-refractivity contribution in [2.45, 2.75) is 31.6 Å². The molecule has 1 aliphatic carbocycles. The Kier molecular flexibility index (Phi) is 2.01. The van der Waals surface area contributed by atoms with Gasteiger partial charge in [-0.25, -0.2) is 9.97 Å². The lowest BCUT2D eigenvalue weighted by atomic mass is 10.3. The van der Waals surface area contributed by atoms with Gasteiger partial charge in [-0.1, -0.05) is 0 Å². The molecule has 0 bridgehead atoms. The third kappa shape index (κ3) is 1.76. The Morgan fingerprint density at radius 2 is 1.93 bits per heavy atom. The van der Waals surface area contributed by atoms with Gasteiger partial charge in [0.15, 0.2) is 0 Å². The largest absolute Gasteiger partial charge is 0.384 e. The van der Waals surface area contributed by atoms with Crippen molar-refractivity contribution in [1.29, 1.82) is 0 Å². The maximum Gasteiger partial charge on any atom is 0.136 e. The molecule has 0 atom stereocenters. The van der Waals surface area contributed by atoms with E-state index in [2.05, 4.69) is 14.9 Å². The van der Waals surface area contributed by atoms with Crippen LogP contribution in [0.4, 0.5) is 11.6 Å². The highest BCUT2D eigenvalue weighted by Gasteiger charge is 2.28. The second kappa shape index (κ2) is 3.36. The molecule has 0 spiro atoms. The highest BCUT2D eigenvalue weighted by Crippen LogP contribution is 2.39. The van der Waals surface area contributed by atoms with Crippen molar-refractivity contribution >= 4 is 11.6 Å². The summed E-state index contributed by atoms with van der Waals surface area (Å²) in [4.78, 5) is 11.2. The Balaban J connectivity index is 1.91. The maximum absolute atomic E-state index is 5.81. The van der Waals surface area contributed by atoms with E-state index in [9.17, 15) is 0 Å². The lowest BCUT2D eigenvalue weighted by molar-refractivity contribution is 0.876. The molecule has 4 nitrogen and oxygen atoms in total. The van der Waals surface area contributed by atoms with Gasteiger partial charge in [-0.2, -0.15) is 0 Å². The first-order chi connectivity index (χ1) is 7.33. The lowest BCUT2D eigenvalue weighted by Gasteiger charge is -2.17. The summed E-state index contributed by atoms with van der Waals surface area (Å²) in [5.41, 5.74) is 5.81. The summed E-state index contributed by atoms with van der Waals surface area (Å²) in [7, 11) is 0. The van der Waals surface area contributed by atoms with Crippen LogP contribution < -0.4 is 10.6 Å². The predicted octanol–water partition coefficient (Wildman–Crippen LogP) is 1.54. The molecular formula is C11H16N4. The van der Waals surface area contributed by atoms with Crippen molar-refractivity contribution in [1.82, 2.24) is 9.97 Å². The number of hydrogen-bond acceptors (Lipinski definition) is 4. The van der Waals surface area contributed by atoms with Gasteiger partial charge in [0, 0.05) is 25.1 Å². The summed E-state index contributed by atoms with van der Waals surface area (Å²) in [6.45, 7) is 2.22. The van der Waals surface area contributed by atoms with Gasteiger partial charge >= 0.3 is 0 Å². The van der Waals surface area contributed by atoms with E-state index >= 15 is 0 Å². The maximum atomic E-state index is 5.81. The fourth-order valence-electron chi connectivity index (χ4n) is 2.10. The molecule has 2 heterocycles. The molecule has 2 aliphatic rings. The third-order valence-electron chi connectivity index (χ3n) is 3.12. The van der Waals surface area contributed by atoms with Gasteiger partial charge < -0.3 is 10.6 Å². The van der Waals surface area contributed by atoms with Crippen molar-refractivity contribution < 1.29 is 0 Å². The van der Waals surface area contributed by atoms with Gasteiger partial charge in [0.1, 0.15) is 17.5 Å². The molecule has 80 valence electrons. The second-order valence-corrected chi connectivity index (χ2v) is 4.48. The Hall–Kier alpha value is -1.32. The zero-order valence-corrected chi connectivity index (χ0v) is 8.82. The van der Waals surface area contributed by atoms with Crippen molar-refractivity contribution in [3.63, 3.8) is 0 Å². The normalized spacial score (nSPS) is 20.9. The molecule has 3 rings (SSSR count). The number of rotatable bonds is 2. The summed E-state index contributed by atoms with van der Waals surface area (Å²) >= 11 is 0. The quantitative estimate of drug-likeness (QED) is 0.793. The summed E-state index contributed by atoms with van der Waals surface area (Å²) in [5, 5.41) is 0. The number of nitrogens with two attached hydrogens (primary N) is 1. The molecule has 2 fully saturated rings. The first-order valence-corrected chi connectivity index (χ1v) is 5.72. The minimum Gasteiger partial charge on any atom is -0.384 e. The predicted molar refractivity (Wildman–Crippen MR) is 59.9 cm³/mol. The van der Waals surface area contributed by atoms with Crippen molar-refractivity contribution in [3.05, 3.63) is 11.9 Å². The van der Waals surface area contributed by atoms with E-state index in [0.29, 0.717) is 11.7 Å². The standard InChI is InChI=1S/C11H16N4/c12-9-7-10(15-5-1-2-6-15)14-11(13-9)8-3-4-8/h7-8H,1-6H2,(H2,12,13,14). The smallest absolute Gasteiger partial charge is 0.136 e. The molecule has 1 aromatic rings. The molecule has 15 heavy (non-hydrogen) atoms.